The van der Waals surface area contributed by atoms with E-state index < -0.39 is 10.0 Å². The number of sulfonamides is 1. The summed E-state index contributed by atoms with van der Waals surface area (Å²) < 4.78 is 22.3. The number of aliphatic hydroxyl groups excluding tert-OH is 1. The van der Waals surface area contributed by atoms with E-state index in [1.807, 2.05) is 0 Å². The van der Waals surface area contributed by atoms with Crippen LogP contribution in [0.1, 0.15) is 24.8 Å². The first-order valence-corrected chi connectivity index (χ1v) is 8.52. The van der Waals surface area contributed by atoms with Crippen molar-refractivity contribution in [3.05, 3.63) is 29.8 Å². The summed E-state index contributed by atoms with van der Waals surface area (Å²) in [6.45, 7) is 2.13. The second kappa shape index (κ2) is 6.67. The fraction of sp³-hybridized carbons (Fsp3) is 0.571. The first kappa shape index (κ1) is 15.4. The molecule has 1 aromatic carbocycles. The van der Waals surface area contributed by atoms with Crippen molar-refractivity contribution in [2.45, 2.75) is 36.6 Å². The summed E-state index contributed by atoms with van der Waals surface area (Å²) in [6, 6.07) is 6.97. The van der Waals surface area contributed by atoms with Crippen LogP contribution in [0.3, 0.4) is 0 Å². The number of likely N-dealkylation sites (tertiary alicyclic amines) is 1. The zero-order valence-electron chi connectivity index (χ0n) is 11.5. The van der Waals surface area contributed by atoms with Crippen molar-refractivity contribution in [2.24, 2.45) is 5.14 Å². The van der Waals surface area contributed by atoms with Crippen LogP contribution in [-0.4, -0.2) is 44.2 Å². The number of hydrogen-bond donors (Lipinski definition) is 2. The average molecular weight is 298 g/mol. The summed E-state index contributed by atoms with van der Waals surface area (Å²) in [4.78, 5) is 2.46. The van der Waals surface area contributed by atoms with Gasteiger partial charge in [-0.25, -0.2) is 13.6 Å². The zero-order valence-corrected chi connectivity index (χ0v) is 12.3. The zero-order chi connectivity index (χ0) is 14.6. The Hall–Kier alpha value is -0.950. The maximum atomic E-state index is 11.2. The minimum atomic E-state index is -3.61. The lowest BCUT2D eigenvalue weighted by atomic mass is 10.0. The van der Waals surface area contributed by atoms with Crippen LogP contribution in [0.4, 0.5) is 0 Å². The van der Waals surface area contributed by atoms with Gasteiger partial charge in [0.2, 0.25) is 10.0 Å². The van der Waals surface area contributed by atoms with Gasteiger partial charge in [-0.3, -0.25) is 4.90 Å². The Morgan fingerprint density at radius 3 is 2.55 bits per heavy atom. The molecule has 2 rings (SSSR count). The fourth-order valence-corrected chi connectivity index (χ4v) is 3.20. The van der Waals surface area contributed by atoms with Gasteiger partial charge in [0.15, 0.2) is 0 Å². The Kier molecular flexibility index (Phi) is 5.15. The van der Waals surface area contributed by atoms with Crippen molar-refractivity contribution in [2.75, 3.05) is 19.7 Å². The number of rotatable bonds is 5. The van der Waals surface area contributed by atoms with Gasteiger partial charge in [-0.2, -0.15) is 0 Å². The molecule has 1 aliphatic heterocycles. The largest absolute Gasteiger partial charge is 0.395 e. The molecule has 3 N–H and O–H groups in total. The van der Waals surface area contributed by atoms with Crippen molar-refractivity contribution in [3.8, 4) is 0 Å². The van der Waals surface area contributed by atoms with Crippen LogP contribution in [-0.2, 0) is 16.4 Å². The lowest BCUT2D eigenvalue weighted by molar-refractivity contribution is 0.0913. The van der Waals surface area contributed by atoms with E-state index in [2.05, 4.69) is 4.90 Å². The van der Waals surface area contributed by atoms with Crippen molar-refractivity contribution < 1.29 is 13.5 Å². The van der Waals surface area contributed by atoms with E-state index in [9.17, 15) is 13.5 Å². The SMILES string of the molecule is NS(=O)(=O)c1ccc(CCN2CCCCC2CO)cc1. The third kappa shape index (κ3) is 4.02. The molecule has 1 aliphatic rings. The molecule has 1 atom stereocenters. The first-order valence-electron chi connectivity index (χ1n) is 6.97. The molecule has 6 heteroatoms. The molecule has 0 radical (unpaired) electrons. The van der Waals surface area contributed by atoms with E-state index >= 15 is 0 Å². The van der Waals surface area contributed by atoms with Gasteiger partial charge in [0, 0.05) is 12.6 Å². The molecule has 20 heavy (non-hydrogen) atoms. The van der Waals surface area contributed by atoms with E-state index in [1.165, 1.54) is 12.8 Å². The van der Waals surface area contributed by atoms with Crippen LogP contribution >= 0.6 is 0 Å². The van der Waals surface area contributed by atoms with Gasteiger partial charge in [-0.05, 0) is 43.5 Å². The van der Waals surface area contributed by atoms with Crippen LogP contribution in [0.2, 0.25) is 0 Å². The number of benzene rings is 1. The molecule has 1 heterocycles. The highest BCUT2D eigenvalue weighted by atomic mass is 32.2. The summed E-state index contributed by atoms with van der Waals surface area (Å²) in [6.07, 6.45) is 4.27. The highest BCUT2D eigenvalue weighted by Crippen LogP contribution is 2.17. The quantitative estimate of drug-likeness (QED) is 0.839. The topological polar surface area (TPSA) is 83.6 Å². The molecule has 112 valence electrons. The van der Waals surface area contributed by atoms with Crippen molar-refractivity contribution >= 4 is 10.0 Å². The van der Waals surface area contributed by atoms with Gasteiger partial charge in [0.25, 0.3) is 0 Å². The third-order valence-corrected chi connectivity index (χ3v) is 4.83. The molecule has 1 fully saturated rings. The van der Waals surface area contributed by atoms with Crippen LogP contribution in [0, 0.1) is 0 Å². The minimum absolute atomic E-state index is 0.146. The maximum Gasteiger partial charge on any atom is 0.238 e. The van der Waals surface area contributed by atoms with Gasteiger partial charge < -0.3 is 5.11 Å². The maximum absolute atomic E-state index is 11.2. The van der Waals surface area contributed by atoms with E-state index in [1.54, 1.807) is 24.3 Å². The molecule has 0 aliphatic carbocycles. The Morgan fingerprint density at radius 2 is 1.95 bits per heavy atom. The predicted octanol–water partition coefficient (Wildman–Crippen LogP) is 0.723. The van der Waals surface area contributed by atoms with Crippen LogP contribution in [0.5, 0.6) is 0 Å². The summed E-state index contributed by atoms with van der Waals surface area (Å²) >= 11 is 0. The second-order valence-electron chi connectivity index (χ2n) is 5.31. The van der Waals surface area contributed by atoms with E-state index in [4.69, 9.17) is 5.14 Å². The molecule has 0 amide bonds. The summed E-state index contributed by atoms with van der Waals surface area (Å²) in [5, 5.41) is 14.4. The number of nitrogens with two attached hydrogens (primary N) is 1. The van der Waals surface area contributed by atoms with Gasteiger partial charge in [0.1, 0.15) is 0 Å². The third-order valence-electron chi connectivity index (χ3n) is 3.90. The van der Waals surface area contributed by atoms with E-state index in [-0.39, 0.29) is 17.5 Å². The Morgan fingerprint density at radius 1 is 1.25 bits per heavy atom. The van der Waals surface area contributed by atoms with Crippen molar-refractivity contribution in [3.63, 3.8) is 0 Å². The van der Waals surface area contributed by atoms with Gasteiger partial charge in [-0.15, -0.1) is 0 Å². The Labute approximate surface area is 120 Å². The smallest absolute Gasteiger partial charge is 0.238 e. The molecule has 1 aromatic rings. The van der Waals surface area contributed by atoms with Crippen LogP contribution < -0.4 is 5.14 Å². The molecular weight excluding hydrogens is 276 g/mol. The summed E-state index contributed by atoms with van der Waals surface area (Å²) in [5.74, 6) is 0. The number of primary sulfonamides is 1. The number of nitrogens with zero attached hydrogens (tertiary/aromatic N) is 1. The van der Waals surface area contributed by atoms with Gasteiger partial charge >= 0.3 is 0 Å². The molecule has 5 nitrogen and oxygen atoms in total. The molecule has 0 spiro atoms. The molecule has 0 bridgehead atoms. The van der Waals surface area contributed by atoms with Gasteiger partial charge in [0.05, 0.1) is 11.5 Å². The number of hydrogen-bond acceptors (Lipinski definition) is 4. The normalized spacial score (nSPS) is 21.0. The minimum Gasteiger partial charge on any atom is -0.395 e. The highest BCUT2D eigenvalue weighted by Gasteiger charge is 2.20. The van der Waals surface area contributed by atoms with Crippen molar-refractivity contribution in [1.29, 1.82) is 0 Å². The Bertz CT molecular complexity index is 528. The number of piperidine rings is 1. The average Bonchev–Trinajstić information content (AvgIpc) is 2.45. The monoisotopic (exact) mass is 298 g/mol. The summed E-state index contributed by atoms with van der Waals surface area (Å²) in [7, 11) is -3.61. The second-order valence-corrected chi connectivity index (χ2v) is 6.87. The molecule has 0 saturated carbocycles. The van der Waals surface area contributed by atoms with Crippen LogP contribution in [0.15, 0.2) is 29.2 Å². The fourth-order valence-electron chi connectivity index (χ4n) is 2.68. The lowest BCUT2D eigenvalue weighted by Crippen LogP contribution is -2.42. The van der Waals surface area contributed by atoms with E-state index in [0.717, 1.165) is 31.5 Å². The molecule has 1 unspecified atom stereocenters. The van der Waals surface area contributed by atoms with E-state index in [0.29, 0.717) is 0 Å². The standard InChI is InChI=1S/C14H22N2O3S/c15-20(18,19)14-6-4-12(5-7-14)8-10-16-9-2-1-3-13(16)11-17/h4-7,13,17H,1-3,8-11H2,(H2,15,18,19). The number of aliphatic hydroxyl groups is 1. The highest BCUT2D eigenvalue weighted by molar-refractivity contribution is 7.89. The Balaban J connectivity index is 1.93. The molecular formula is C14H22N2O3S. The van der Waals surface area contributed by atoms with Gasteiger partial charge in [-0.1, -0.05) is 18.6 Å². The van der Waals surface area contributed by atoms with Crippen molar-refractivity contribution in [1.82, 2.24) is 4.90 Å². The predicted molar refractivity (Wildman–Crippen MR) is 77.8 cm³/mol. The molecule has 0 aromatic heterocycles. The van der Waals surface area contributed by atoms with Crippen LogP contribution in [0.25, 0.3) is 0 Å². The lowest BCUT2D eigenvalue weighted by Gasteiger charge is -2.34. The first-order chi connectivity index (χ1) is 9.50. The summed E-state index contributed by atoms with van der Waals surface area (Å²) in [5.41, 5.74) is 1.08. The molecule has 1 saturated heterocycles.